The van der Waals surface area contributed by atoms with Gasteiger partial charge >= 0.3 is 6.03 Å². The predicted octanol–water partition coefficient (Wildman–Crippen LogP) is 3.13. The van der Waals surface area contributed by atoms with Crippen LogP contribution < -0.4 is 10.6 Å². The Labute approximate surface area is 120 Å². The molecule has 2 rings (SSSR count). The smallest absolute Gasteiger partial charge is 0.319 e. The Morgan fingerprint density at radius 2 is 2.05 bits per heavy atom. The zero-order valence-electron chi connectivity index (χ0n) is 10.7. The van der Waals surface area contributed by atoms with Crippen LogP contribution in [0.25, 0.3) is 0 Å². The molecule has 1 unspecified atom stereocenters. The maximum absolute atomic E-state index is 12.7. The maximum atomic E-state index is 12.7. The van der Waals surface area contributed by atoms with E-state index in [9.17, 15) is 14.3 Å². The number of thiophene rings is 1. The third-order valence-corrected chi connectivity index (χ3v) is 3.43. The van der Waals surface area contributed by atoms with Gasteiger partial charge in [-0.3, -0.25) is 0 Å². The van der Waals surface area contributed by atoms with E-state index < -0.39 is 6.10 Å². The molecular weight excluding hydrogens is 279 g/mol. The van der Waals surface area contributed by atoms with Gasteiger partial charge in [0.1, 0.15) is 5.82 Å². The van der Waals surface area contributed by atoms with Crippen LogP contribution in [0.1, 0.15) is 18.1 Å². The predicted molar refractivity (Wildman–Crippen MR) is 77.3 cm³/mol. The molecule has 0 spiro atoms. The van der Waals surface area contributed by atoms with E-state index in [0.717, 1.165) is 5.56 Å². The van der Waals surface area contributed by atoms with Gasteiger partial charge in [0.2, 0.25) is 0 Å². The fraction of sp³-hybridized carbons (Fsp3) is 0.214. The van der Waals surface area contributed by atoms with Crippen LogP contribution in [0, 0.1) is 5.82 Å². The Hall–Kier alpha value is -1.92. The van der Waals surface area contributed by atoms with Gasteiger partial charge in [0, 0.05) is 12.2 Å². The zero-order valence-corrected chi connectivity index (χ0v) is 11.5. The summed E-state index contributed by atoms with van der Waals surface area (Å²) in [6, 6.07) is 6.98. The molecule has 0 fully saturated rings. The first kappa shape index (κ1) is 14.5. The molecule has 1 atom stereocenters. The van der Waals surface area contributed by atoms with E-state index in [2.05, 4.69) is 10.6 Å². The Bertz CT molecular complexity index is 543. The van der Waals surface area contributed by atoms with Crippen molar-refractivity contribution in [3.63, 3.8) is 0 Å². The van der Waals surface area contributed by atoms with E-state index in [4.69, 9.17) is 0 Å². The van der Waals surface area contributed by atoms with Gasteiger partial charge in [0.25, 0.3) is 0 Å². The standard InChI is InChI=1S/C14H15FN2O2S/c15-11-1-3-12(4-2-11)17-14(19)16-7-5-13(18)10-6-8-20-9-10/h1-4,6,8-9,13,18H,5,7H2,(H2,16,17,19). The van der Waals surface area contributed by atoms with E-state index in [1.807, 2.05) is 16.8 Å². The highest BCUT2D eigenvalue weighted by Crippen LogP contribution is 2.18. The summed E-state index contributed by atoms with van der Waals surface area (Å²) in [6.45, 7) is 0.351. The lowest BCUT2D eigenvalue weighted by atomic mass is 10.1. The number of anilines is 1. The number of urea groups is 1. The summed E-state index contributed by atoms with van der Waals surface area (Å²) in [5, 5.41) is 18.8. The minimum Gasteiger partial charge on any atom is -0.388 e. The number of hydrogen-bond acceptors (Lipinski definition) is 3. The molecule has 2 amide bonds. The second-order valence-corrected chi connectivity index (χ2v) is 5.03. The average Bonchev–Trinajstić information content (AvgIpc) is 2.95. The van der Waals surface area contributed by atoms with Crippen molar-refractivity contribution in [2.45, 2.75) is 12.5 Å². The minimum atomic E-state index is -0.577. The van der Waals surface area contributed by atoms with E-state index in [1.54, 1.807) is 0 Å². The van der Waals surface area contributed by atoms with Crippen LogP contribution >= 0.6 is 11.3 Å². The maximum Gasteiger partial charge on any atom is 0.319 e. The Morgan fingerprint density at radius 1 is 1.30 bits per heavy atom. The molecule has 20 heavy (non-hydrogen) atoms. The van der Waals surface area contributed by atoms with Crippen molar-refractivity contribution < 1.29 is 14.3 Å². The van der Waals surface area contributed by atoms with Crippen molar-refractivity contribution in [1.82, 2.24) is 5.32 Å². The Morgan fingerprint density at radius 3 is 2.70 bits per heavy atom. The first-order chi connectivity index (χ1) is 9.65. The highest BCUT2D eigenvalue weighted by atomic mass is 32.1. The van der Waals surface area contributed by atoms with Crippen LogP contribution in [-0.4, -0.2) is 17.7 Å². The van der Waals surface area contributed by atoms with Crippen molar-refractivity contribution >= 4 is 23.1 Å². The Kier molecular flexibility index (Phi) is 5.09. The highest BCUT2D eigenvalue weighted by Gasteiger charge is 2.08. The van der Waals surface area contributed by atoms with E-state index in [0.29, 0.717) is 18.7 Å². The van der Waals surface area contributed by atoms with Crippen molar-refractivity contribution in [1.29, 1.82) is 0 Å². The van der Waals surface area contributed by atoms with E-state index in [-0.39, 0.29) is 11.8 Å². The van der Waals surface area contributed by atoms with Crippen LogP contribution in [0.3, 0.4) is 0 Å². The van der Waals surface area contributed by atoms with Gasteiger partial charge in [0.15, 0.2) is 0 Å². The quantitative estimate of drug-likeness (QED) is 0.793. The van der Waals surface area contributed by atoms with Gasteiger partial charge in [-0.2, -0.15) is 11.3 Å². The second-order valence-electron chi connectivity index (χ2n) is 4.25. The summed E-state index contributed by atoms with van der Waals surface area (Å²) in [5.74, 6) is -0.352. The van der Waals surface area contributed by atoms with Crippen LogP contribution in [-0.2, 0) is 0 Å². The number of aliphatic hydroxyl groups excluding tert-OH is 1. The lowest BCUT2D eigenvalue weighted by molar-refractivity contribution is 0.168. The van der Waals surface area contributed by atoms with Crippen molar-refractivity contribution in [2.75, 3.05) is 11.9 Å². The van der Waals surface area contributed by atoms with Crippen molar-refractivity contribution in [3.05, 3.63) is 52.5 Å². The van der Waals surface area contributed by atoms with Gasteiger partial charge < -0.3 is 15.7 Å². The number of amides is 2. The third kappa shape index (κ3) is 4.32. The molecule has 0 aliphatic heterocycles. The largest absolute Gasteiger partial charge is 0.388 e. The number of benzene rings is 1. The summed E-state index contributed by atoms with van der Waals surface area (Å²) in [7, 11) is 0. The molecule has 3 N–H and O–H groups in total. The molecular formula is C14H15FN2O2S. The fourth-order valence-electron chi connectivity index (χ4n) is 1.66. The number of nitrogens with one attached hydrogen (secondary N) is 2. The van der Waals surface area contributed by atoms with Gasteiger partial charge in [-0.15, -0.1) is 0 Å². The Balaban J connectivity index is 1.71. The molecule has 0 saturated heterocycles. The molecule has 0 aliphatic rings. The summed E-state index contributed by atoms with van der Waals surface area (Å²) < 4.78 is 12.7. The number of hydrogen-bond donors (Lipinski definition) is 3. The van der Waals surface area contributed by atoms with Gasteiger partial charge in [0.05, 0.1) is 6.10 Å². The SMILES string of the molecule is O=C(NCCC(O)c1ccsc1)Nc1ccc(F)cc1. The molecule has 1 heterocycles. The monoisotopic (exact) mass is 294 g/mol. The molecule has 0 saturated carbocycles. The summed E-state index contributed by atoms with van der Waals surface area (Å²) >= 11 is 1.52. The number of halogens is 1. The second kappa shape index (κ2) is 7.02. The van der Waals surface area contributed by atoms with Crippen LogP contribution in [0.5, 0.6) is 0 Å². The molecule has 0 aliphatic carbocycles. The molecule has 4 nitrogen and oxygen atoms in total. The minimum absolute atomic E-state index is 0.351. The normalized spacial score (nSPS) is 11.9. The molecule has 1 aromatic carbocycles. The first-order valence-corrected chi connectivity index (χ1v) is 7.10. The zero-order chi connectivity index (χ0) is 14.4. The van der Waals surface area contributed by atoms with E-state index in [1.165, 1.54) is 35.6 Å². The average molecular weight is 294 g/mol. The summed E-state index contributed by atoms with van der Waals surface area (Å²) in [4.78, 5) is 11.6. The van der Waals surface area contributed by atoms with Gasteiger partial charge in [-0.05, 0) is 53.1 Å². The van der Waals surface area contributed by atoms with Crippen molar-refractivity contribution in [3.8, 4) is 0 Å². The summed E-state index contributed by atoms with van der Waals surface area (Å²) in [6.07, 6.45) is -0.138. The third-order valence-electron chi connectivity index (χ3n) is 2.73. The lowest BCUT2D eigenvalue weighted by Gasteiger charge is -2.10. The van der Waals surface area contributed by atoms with Crippen LogP contribution in [0.4, 0.5) is 14.9 Å². The number of carbonyl (C=O) groups is 1. The molecule has 0 bridgehead atoms. The van der Waals surface area contributed by atoms with Gasteiger partial charge in [-0.1, -0.05) is 0 Å². The summed E-state index contributed by atoms with van der Waals surface area (Å²) in [5.41, 5.74) is 1.37. The van der Waals surface area contributed by atoms with Crippen molar-refractivity contribution in [2.24, 2.45) is 0 Å². The molecule has 1 aromatic heterocycles. The fourth-order valence-corrected chi connectivity index (χ4v) is 2.37. The number of carbonyl (C=O) groups excluding carboxylic acids is 1. The molecule has 106 valence electrons. The van der Waals surface area contributed by atoms with Crippen LogP contribution in [0.2, 0.25) is 0 Å². The van der Waals surface area contributed by atoms with Crippen LogP contribution in [0.15, 0.2) is 41.1 Å². The first-order valence-electron chi connectivity index (χ1n) is 6.16. The molecule has 6 heteroatoms. The lowest BCUT2D eigenvalue weighted by Crippen LogP contribution is -2.30. The number of aliphatic hydroxyl groups is 1. The molecule has 0 radical (unpaired) electrons. The van der Waals surface area contributed by atoms with Gasteiger partial charge in [-0.25, -0.2) is 9.18 Å². The molecule has 2 aromatic rings. The highest BCUT2D eigenvalue weighted by molar-refractivity contribution is 7.07. The topological polar surface area (TPSA) is 61.4 Å². The van der Waals surface area contributed by atoms with E-state index >= 15 is 0 Å². The number of rotatable bonds is 5.